The molecule has 1 aromatic heterocycles. The van der Waals surface area contributed by atoms with Gasteiger partial charge in [0.1, 0.15) is 18.5 Å². The molecule has 0 aliphatic carbocycles. The molecule has 6 nitrogen and oxygen atoms in total. The maximum atomic E-state index is 14.1. The highest BCUT2D eigenvalue weighted by molar-refractivity contribution is 6.31. The lowest BCUT2D eigenvalue weighted by Gasteiger charge is -2.17. The van der Waals surface area contributed by atoms with E-state index in [-0.39, 0.29) is 12.2 Å². The molecule has 0 saturated heterocycles. The van der Waals surface area contributed by atoms with E-state index < -0.39 is 17.8 Å². The number of para-hydroxylation sites is 1. The molecule has 0 aliphatic heterocycles. The number of aromatic nitrogens is 1. The van der Waals surface area contributed by atoms with Crippen LogP contribution in [0.4, 0.5) is 4.39 Å². The Bertz CT molecular complexity index is 1300. The van der Waals surface area contributed by atoms with Crippen molar-refractivity contribution in [1.82, 2.24) is 10.3 Å². The smallest absolute Gasteiger partial charge is 0.321 e. The number of carboxylic acids is 1. The summed E-state index contributed by atoms with van der Waals surface area (Å²) in [5.74, 6) is -0.431. The molecule has 0 spiro atoms. The molecule has 0 saturated carbocycles. The number of benzene rings is 3. The van der Waals surface area contributed by atoms with Gasteiger partial charge in [-0.05, 0) is 48.4 Å². The van der Waals surface area contributed by atoms with Crippen LogP contribution in [0.1, 0.15) is 23.6 Å². The number of halogens is 2. The van der Waals surface area contributed by atoms with E-state index in [1.807, 2.05) is 43.5 Å². The zero-order chi connectivity index (χ0) is 24.8. The Morgan fingerprint density at radius 1 is 1.11 bits per heavy atom. The van der Waals surface area contributed by atoms with Gasteiger partial charge in [-0.25, -0.2) is 4.39 Å². The van der Waals surface area contributed by atoms with Crippen LogP contribution in [0.15, 0.2) is 66.9 Å². The Morgan fingerprint density at radius 3 is 2.71 bits per heavy atom. The van der Waals surface area contributed by atoms with Crippen LogP contribution >= 0.6 is 11.6 Å². The predicted octanol–water partition coefficient (Wildman–Crippen LogP) is 5.72. The number of hydrogen-bond acceptors (Lipinski definition) is 4. The Morgan fingerprint density at radius 2 is 1.94 bits per heavy atom. The van der Waals surface area contributed by atoms with Gasteiger partial charge >= 0.3 is 5.97 Å². The first-order chi connectivity index (χ1) is 17.0. The summed E-state index contributed by atoms with van der Waals surface area (Å²) in [6.45, 7) is 2.53. The highest BCUT2D eigenvalue weighted by Gasteiger charge is 2.20. The lowest BCUT2D eigenvalue weighted by Crippen LogP contribution is -2.38. The van der Waals surface area contributed by atoms with Gasteiger partial charge in [-0.2, -0.15) is 0 Å². The van der Waals surface area contributed by atoms with E-state index in [0.717, 1.165) is 22.0 Å². The van der Waals surface area contributed by atoms with Crippen LogP contribution in [-0.2, 0) is 24.4 Å². The number of carboxylic acid groups (broad SMARTS) is 1. The minimum Gasteiger partial charge on any atom is -0.490 e. The van der Waals surface area contributed by atoms with E-state index in [1.165, 1.54) is 12.1 Å². The summed E-state index contributed by atoms with van der Waals surface area (Å²) in [7, 11) is 0. The summed E-state index contributed by atoms with van der Waals surface area (Å²) in [6, 6.07) is 16.8. The molecule has 0 bridgehead atoms. The number of aliphatic carboxylic acids is 1. The summed E-state index contributed by atoms with van der Waals surface area (Å²) >= 11 is 6.09. The van der Waals surface area contributed by atoms with Crippen molar-refractivity contribution in [2.75, 3.05) is 6.61 Å². The second kappa shape index (κ2) is 11.3. The Hall–Kier alpha value is -3.55. The third kappa shape index (κ3) is 5.93. The number of hydrogen-bond donors (Lipinski definition) is 3. The maximum absolute atomic E-state index is 14.1. The Balaban J connectivity index is 1.45. The minimum atomic E-state index is -0.929. The highest BCUT2D eigenvalue weighted by atomic mass is 35.5. The monoisotopic (exact) mass is 496 g/mol. The molecule has 0 aliphatic rings. The summed E-state index contributed by atoms with van der Waals surface area (Å²) in [5.41, 5.74) is 3.00. The van der Waals surface area contributed by atoms with Crippen LogP contribution < -0.4 is 14.8 Å². The van der Waals surface area contributed by atoms with Crippen LogP contribution in [0.25, 0.3) is 10.9 Å². The van der Waals surface area contributed by atoms with E-state index in [1.54, 1.807) is 18.2 Å². The molecule has 35 heavy (non-hydrogen) atoms. The fourth-order valence-corrected chi connectivity index (χ4v) is 4.10. The number of H-pyrrole nitrogens is 1. The van der Waals surface area contributed by atoms with Gasteiger partial charge in [-0.3, -0.25) is 4.79 Å². The molecule has 4 rings (SSSR count). The summed E-state index contributed by atoms with van der Waals surface area (Å²) in [5, 5.41) is 14.2. The minimum absolute atomic E-state index is 0.0467. The van der Waals surface area contributed by atoms with Crippen molar-refractivity contribution in [1.29, 1.82) is 0 Å². The van der Waals surface area contributed by atoms with E-state index in [9.17, 15) is 14.3 Å². The number of ether oxygens (including phenoxy) is 2. The molecule has 182 valence electrons. The normalized spacial score (nSPS) is 12.0. The van der Waals surface area contributed by atoms with Gasteiger partial charge in [0.25, 0.3) is 0 Å². The van der Waals surface area contributed by atoms with Crippen LogP contribution in [0.5, 0.6) is 11.5 Å². The molecular formula is C27H26ClFN2O4. The van der Waals surface area contributed by atoms with E-state index >= 15 is 0 Å². The van der Waals surface area contributed by atoms with Crippen molar-refractivity contribution in [3.05, 3.63) is 94.4 Å². The fraction of sp³-hybridized carbons (Fsp3) is 0.222. The number of aromatic amines is 1. The van der Waals surface area contributed by atoms with Gasteiger partial charge < -0.3 is 24.9 Å². The largest absolute Gasteiger partial charge is 0.490 e. The lowest BCUT2D eigenvalue weighted by atomic mass is 10.0. The van der Waals surface area contributed by atoms with Gasteiger partial charge in [-0.1, -0.05) is 41.9 Å². The second-order valence-corrected chi connectivity index (χ2v) is 8.45. The first kappa shape index (κ1) is 24.6. The zero-order valence-corrected chi connectivity index (χ0v) is 19.9. The summed E-state index contributed by atoms with van der Waals surface area (Å²) < 4.78 is 25.6. The SMILES string of the molecule is CCOc1cc(CNC(Cc2c[nH]c3ccccc23)C(=O)O)ccc1OCc1c(F)cccc1Cl. The molecule has 0 fully saturated rings. The average molecular weight is 497 g/mol. The molecule has 1 unspecified atom stereocenters. The first-order valence-electron chi connectivity index (χ1n) is 11.3. The van der Waals surface area contributed by atoms with Gasteiger partial charge in [0, 0.05) is 35.6 Å². The molecule has 3 N–H and O–H groups in total. The third-order valence-electron chi connectivity index (χ3n) is 5.69. The van der Waals surface area contributed by atoms with Crippen molar-refractivity contribution in [3.63, 3.8) is 0 Å². The zero-order valence-electron chi connectivity index (χ0n) is 19.2. The molecule has 4 aromatic rings. The first-order valence-corrected chi connectivity index (χ1v) is 11.7. The van der Waals surface area contributed by atoms with Gasteiger partial charge in [-0.15, -0.1) is 0 Å². The molecule has 1 atom stereocenters. The van der Waals surface area contributed by atoms with E-state index in [4.69, 9.17) is 21.1 Å². The van der Waals surface area contributed by atoms with Crippen LogP contribution in [-0.4, -0.2) is 28.7 Å². The Labute approximate surface area is 207 Å². The number of fused-ring (bicyclic) bond motifs is 1. The van der Waals surface area contributed by atoms with Gasteiger partial charge in [0.2, 0.25) is 0 Å². The van der Waals surface area contributed by atoms with Crippen LogP contribution in [0, 0.1) is 5.82 Å². The molecule has 3 aromatic carbocycles. The summed E-state index contributed by atoms with van der Waals surface area (Å²) in [4.78, 5) is 15.1. The van der Waals surface area contributed by atoms with E-state index in [2.05, 4.69) is 10.3 Å². The second-order valence-electron chi connectivity index (χ2n) is 8.04. The highest BCUT2D eigenvalue weighted by Crippen LogP contribution is 2.31. The molecule has 0 radical (unpaired) electrons. The standard InChI is InChI=1S/C27H26ClFN2O4/c1-2-34-26-12-17(10-11-25(26)35-16-20-21(28)7-5-8-22(20)29)14-30-24(27(32)33)13-18-15-31-23-9-4-3-6-19(18)23/h3-12,15,24,30-31H,2,13-14,16H2,1H3,(H,32,33). The third-order valence-corrected chi connectivity index (χ3v) is 6.05. The maximum Gasteiger partial charge on any atom is 0.321 e. The van der Waals surface area contributed by atoms with Crippen molar-refractivity contribution in [2.45, 2.75) is 32.5 Å². The molecular weight excluding hydrogens is 471 g/mol. The Kier molecular flexibility index (Phi) is 7.90. The summed E-state index contributed by atoms with van der Waals surface area (Å²) in [6.07, 6.45) is 2.19. The number of carbonyl (C=O) groups is 1. The van der Waals surface area contributed by atoms with Crippen LogP contribution in [0.3, 0.4) is 0 Å². The van der Waals surface area contributed by atoms with Crippen molar-refractivity contribution in [2.24, 2.45) is 0 Å². The van der Waals surface area contributed by atoms with Crippen molar-refractivity contribution < 1.29 is 23.8 Å². The number of nitrogens with one attached hydrogen (secondary N) is 2. The quantitative estimate of drug-likeness (QED) is 0.247. The van der Waals surface area contributed by atoms with E-state index in [0.29, 0.717) is 36.1 Å². The molecule has 1 heterocycles. The van der Waals surface area contributed by atoms with Gasteiger partial charge in [0.05, 0.1) is 11.6 Å². The van der Waals surface area contributed by atoms with Gasteiger partial charge in [0.15, 0.2) is 11.5 Å². The van der Waals surface area contributed by atoms with Crippen LogP contribution in [0.2, 0.25) is 5.02 Å². The lowest BCUT2D eigenvalue weighted by molar-refractivity contribution is -0.139. The van der Waals surface area contributed by atoms with Crippen molar-refractivity contribution in [3.8, 4) is 11.5 Å². The molecule has 8 heteroatoms. The topological polar surface area (TPSA) is 83.6 Å². The molecule has 0 amide bonds. The average Bonchev–Trinajstić information content (AvgIpc) is 3.25. The number of rotatable bonds is 11. The predicted molar refractivity (Wildman–Crippen MR) is 134 cm³/mol. The fourth-order valence-electron chi connectivity index (χ4n) is 3.88. The van der Waals surface area contributed by atoms with Crippen molar-refractivity contribution >= 4 is 28.5 Å².